The molecule has 7 nitrogen and oxygen atoms in total. The molecule has 0 aromatic heterocycles. The molecule has 0 spiro atoms. The van der Waals surface area contributed by atoms with Crippen molar-refractivity contribution in [1.29, 1.82) is 0 Å². The molecule has 2 aromatic rings. The van der Waals surface area contributed by atoms with Crippen LogP contribution in [0.5, 0.6) is 5.75 Å². The third kappa shape index (κ3) is 5.78. The fraction of sp³-hybridized carbons (Fsp3) is 0.519. The van der Waals surface area contributed by atoms with Gasteiger partial charge < -0.3 is 28.6 Å². The molecular weight excluding hydrogens is 434 g/mol. The lowest BCUT2D eigenvalue weighted by Gasteiger charge is -2.30. The largest absolute Gasteiger partial charge is 0.497 e. The van der Waals surface area contributed by atoms with E-state index < -0.39 is 12.1 Å². The van der Waals surface area contributed by atoms with Crippen molar-refractivity contribution in [2.24, 2.45) is 0 Å². The van der Waals surface area contributed by atoms with E-state index in [4.69, 9.17) is 23.7 Å². The Balaban J connectivity index is 1.51. The third-order valence-electron chi connectivity index (χ3n) is 6.15. The van der Waals surface area contributed by atoms with E-state index in [1.165, 1.54) is 0 Å². The van der Waals surface area contributed by atoms with Crippen LogP contribution in [-0.2, 0) is 25.6 Å². The quantitative estimate of drug-likeness (QED) is 0.514. The van der Waals surface area contributed by atoms with Gasteiger partial charge in [0.15, 0.2) is 12.1 Å². The van der Waals surface area contributed by atoms with Crippen molar-refractivity contribution in [3.8, 4) is 5.75 Å². The first kappa shape index (κ1) is 24.7. The predicted molar refractivity (Wildman–Crippen MR) is 128 cm³/mol. The zero-order valence-electron chi connectivity index (χ0n) is 20.4. The molecule has 2 aromatic carbocycles. The second-order valence-corrected chi connectivity index (χ2v) is 9.24. The van der Waals surface area contributed by atoms with E-state index in [0.29, 0.717) is 25.3 Å². The highest BCUT2D eigenvalue weighted by molar-refractivity contribution is 5.94. The van der Waals surface area contributed by atoms with Gasteiger partial charge in [-0.1, -0.05) is 43.7 Å². The highest BCUT2D eigenvalue weighted by Gasteiger charge is 2.55. The van der Waals surface area contributed by atoms with Crippen LogP contribution in [0.3, 0.4) is 0 Å². The summed E-state index contributed by atoms with van der Waals surface area (Å²) in [7, 11) is 1.64. The number of fused-ring (bicyclic) bond motifs is 1. The smallest absolute Gasteiger partial charge is 0.253 e. The topological polar surface area (TPSA) is 66.5 Å². The molecule has 2 saturated heterocycles. The summed E-state index contributed by atoms with van der Waals surface area (Å²) in [6.45, 7) is 7.28. The van der Waals surface area contributed by atoms with Crippen molar-refractivity contribution < 1.29 is 28.5 Å². The Bertz CT molecular complexity index is 949. The number of benzene rings is 2. The van der Waals surface area contributed by atoms with Gasteiger partial charge in [0.25, 0.3) is 5.91 Å². The zero-order valence-corrected chi connectivity index (χ0v) is 20.4. The van der Waals surface area contributed by atoms with Crippen LogP contribution in [0.2, 0.25) is 0 Å². The van der Waals surface area contributed by atoms with E-state index in [1.807, 2.05) is 73.3 Å². The lowest BCUT2D eigenvalue weighted by molar-refractivity contribution is -0.220. The highest BCUT2D eigenvalue weighted by Crippen LogP contribution is 2.39. The standard InChI is InChI=1S/C27H35NO6/c1-5-6-15-28(25(29)20-12-8-7-9-13-20)17-22-23(24-26(32-22)34-27(2,3)33-24)31-18-19-11-10-14-21(16-19)30-4/h7-14,16,22-24,26H,5-6,15,17-18H2,1-4H3. The summed E-state index contributed by atoms with van der Waals surface area (Å²) in [4.78, 5) is 15.2. The molecule has 2 aliphatic heterocycles. The van der Waals surface area contributed by atoms with Crippen LogP contribution in [0.4, 0.5) is 0 Å². The number of ether oxygens (including phenoxy) is 5. The minimum atomic E-state index is -0.750. The van der Waals surface area contributed by atoms with Crippen LogP contribution in [-0.4, -0.2) is 61.4 Å². The molecule has 184 valence electrons. The van der Waals surface area contributed by atoms with Crippen LogP contribution in [0, 0.1) is 0 Å². The van der Waals surface area contributed by atoms with Crippen LogP contribution >= 0.6 is 0 Å². The Morgan fingerprint density at radius 2 is 1.88 bits per heavy atom. The first-order valence-electron chi connectivity index (χ1n) is 12.0. The molecule has 4 rings (SSSR count). The molecule has 2 fully saturated rings. The number of methoxy groups -OCH3 is 1. The van der Waals surface area contributed by atoms with Gasteiger partial charge in [0.05, 0.1) is 13.7 Å². The van der Waals surface area contributed by atoms with E-state index in [-0.39, 0.29) is 24.2 Å². The van der Waals surface area contributed by atoms with Gasteiger partial charge in [-0.3, -0.25) is 4.79 Å². The number of hydrogen-bond acceptors (Lipinski definition) is 6. The number of nitrogens with zero attached hydrogens (tertiary/aromatic N) is 1. The van der Waals surface area contributed by atoms with Crippen molar-refractivity contribution in [2.45, 2.75) is 70.6 Å². The lowest BCUT2D eigenvalue weighted by Crippen LogP contribution is -2.45. The maximum atomic E-state index is 13.3. The molecule has 0 bridgehead atoms. The average molecular weight is 470 g/mol. The van der Waals surface area contributed by atoms with Gasteiger partial charge in [0.2, 0.25) is 0 Å². The van der Waals surface area contributed by atoms with Gasteiger partial charge in [0.1, 0.15) is 24.1 Å². The fourth-order valence-electron chi connectivity index (χ4n) is 4.46. The minimum absolute atomic E-state index is 0.0107. The second-order valence-electron chi connectivity index (χ2n) is 9.24. The first-order valence-corrected chi connectivity index (χ1v) is 12.0. The summed E-state index contributed by atoms with van der Waals surface area (Å²) in [6.07, 6.45) is 0.242. The molecule has 2 heterocycles. The molecule has 0 aliphatic carbocycles. The summed E-state index contributed by atoms with van der Waals surface area (Å²) < 4.78 is 30.1. The Morgan fingerprint density at radius 3 is 2.62 bits per heavy atom. The Labute approximate surface area is 201 Å². The summed E-state index contributed by atoms with van der Waals surface area (Å²) in [5.74, 6) is 0.0158. The van der Waals surface area contributed by atoms with E-state index >= 15 is 0 Å². The van der Waals surface area contributed by atoms with Crippen LogP contribution < -0.4 is 4.74 Å². The molecule has 4 unspecified atom stereocenters. The van der Waals surface area contributed by atoms with E-state index in [2.05, 4.69) is 6.92 Å². The number of unbranched alkanes of at least 4 members (excludes halogenated alkanes) is 1. The van der Waals surface area contributed by atoms with Crippen molar-refractivity contribution in [1.82, 2.24) is 4.90 Å². The Kier molecular flexibility index (Phi) is 7.88. The molecule has 34 heavy (non-hydrogen) atoms. The molecule has 2 aliphatic rings. The van der Waals surface area contributed by atoms with E-state index in [0.717, 1.165) is 24.2 Å². The predicted octanol–water partition coefficient (Wildman–Crippen LogP) is 4.40. The second kappa shape index (κ2) is 10.9. The molecule has 0 N–H and O–H groups in total. The number of amides is 1. The van der Waals surface area contributed by atoms with Crippen LogP contribution in [0.15, 0.2) is 54.6 Å². The SMILES string of the molecule is CCCCN(CC1OC2OC(C)(C)OC2C1OCc1cccc(OC)c1)C(=O)c1ccccc1. The Morgan fingerprint density at radius 1 is 1.09 bits per heavy atom. The third-order valence-corrected chi connectivity index (χ3v) is 6.15. The van der Waals surface area contributed by atoms with Gasteiger partial charge >= 0.3 is 0 Å². The van der Waals surface area contributed by atoms with Gasteiger partial charge in [-0.15, -0.1) is 0 Å². The summed E-state index contributed by atoms with van der Waals surface area (Å²) in [6, 6.07) is 17.1. The summed E-state index contributed by atoms with van der Waals surface area (Å²) in [5.41, 5.74) is 1.65. The number of carbonyl (C=O) groups excluding carboxylic acids is 1. The average Bonchev–Trinajstić information content (AvgIpc) is 3.31. The van der Waals surface area contributed by atoms with Crippen molar-refractivity contribution in [2.75, 3.05) is 20.2 Å². The molecule has 0 radical (unpaired) electrons. The summed E-state index contributed by atoms with van der Waals surface area (Å²) >= 11 is 0. The highest BCUT2D eigenvalue weighted by atomic mass is 16.8. The van der Waals surface area contributed by atoms with Crippen LogP contribution in [0.25, 0.3) is 0 Å². The molecule has 4 atom stereocenters. The van der Waals surface area contributed by atoms with Crippen molar-refractivity contribution in [3.05, 3.63) is 65.7 Å². The first-order chi connectivity index (χ1) is 16.4. The maximum Gasteiger partial charge on any atom is 0.253 e. The van der Waals surface area contributed by atoms with Gasteiger partial charge in [0, 0.05) is 18.7 Å². The van der Waals surface area contributed by atoms with Gasteiger partial charge in [-0.05, 0) is 50.1 Å². The Hall–Kier alpha value is -2.45. The van der Waals surface area contributed by atoms with E-state index in [1.54, 1.807) is 7.11 Å². The van der Waals surface area contributed by atoms with E-state index in [9.17, 15) is 4.79 Å². The molecular formula is C27H35NO6. The van der Waals surface area contributed by atoms with Crippen molar-refractivity contribution in [3.63, 3.8) is 0 Å². The lowest BCUT2D eigenvalue weighted by atomic mass is 10.1. The molecule has 1 amide bonds. The van der Waals surface area contributed by atoms with Crippen LogP contribution in [0.1, 0.15) is 49.5 Å². The van der Waals surface area contributed by atoms with Gasteiger partial charge in [-0.25, -0.2) is 0 Å². The zero-order chi connectivity index (χ0) is 24.1. The van der Waals surface area contributed by atoms with Gasteiger partial charge in [-0.2, -0.15) is 0 Å². The number of rotatable bonds is 10. The molecule has 0 saturated carbocycles. The maximum absolute atomic E-state index is 13.3. The number of hydrogen-bond donors (Lipinski definition) is 0. The minimum Gasteiger partial charge on any atom is -0.497 e. The summed E-state index contributed by atoms with van der Waals surface area (Å²) in [5, 5.41) is 0. The monoisotopic (exact) mass is 469 g/mol. The molecule has 7 heteroatoms. The normalized spacial score (nSPS) is 25.2. The fourth-order valence-corrected chi connectivity index (χ4v) is 4.46. The van der Waals surface area contributed by atoms with Crippen molar-refractivity contribution >= 4 is 5.91 Å². The number of carbonyl (C=O) groups is 1.